The standard InChI is InChI=1S/C11H13NO3/c13-11(12-15-8-10-7-14-10)6-9-4-2-1-3-5-9/h1-5,10H,6-8H2,(H,12,13). The second kappa shape index (κ2) is 4.91. The van der Waals surface area contributed by atoms with Crippen LogP contribution in [0.4, 0.5) is 0 Å². The van der Waals surface area contributed by atoms with Crippen molar-refractivity contribution in [3.63, 3.8) is 0 Å². The number of nitrogens with one attached hydrogen (secondary N) is 1. The smallest absolute Gasteiger partial charge is 0.247 e. The molecule has 0 aromatic heterocycles. The lowest BCUT2D eigenvalue weighted by molar-refractivity contribution is -0.133. The monoisotopic (exact) mass is 207 g/mol. The Morgan fingerprint density at radius 1 is 1.47 bits per heavy atom. The number of hydrogen-bond donors (Lipinski definition) is 1. The molecule has 1 heterocycles. The molecule has 4 nitrogen and oxygen atoms in total. The van der Waals surface area contributed by atoms with Gasteiger partial charge < -0.3 is 4.74 Å². The molecular weight excluding hydrogens is 194 g/mol. The first kappa shape index (κ1) is 10.1. The number of epoxide rings is 1. The van der Waals surface area contributed by atoms with E-state index in [9.17, 15) is 4.79 Å². The number of carbonyl (C=O) groups excluding carboxylic acids is 1. The van der Waals surface area contributed by atoms with Crippen LogP contribution in [0.2, 0.25) is 0 Å². The van der Waals surface area contributed by atoms with E-state index < -0.39 is 0 Å². The number of amides is 1. The van der Waals surface area contributed by atoms with Gasteiger partial charge >= 0.3 is 0 Å². The third kappa shape index (κ3) is 3.69. The molecule has 1 saturated heterocycles. The maximum atomic E-state index is 11.3. The van der Waals surface area contributed by atoms with Gasteiger partial charge in [0.2, 0.25) is 5.91 Å². The summed E-state index contributed by atoms with van der Waals surface area (Å²) >= 11 is 0. The van der Waals surface area contributed by atoms with Gasteiger partial charge in [-0.15, -0.1) is 0 Å². The molecule has 2 rings (SSSR count). The van der Waals surface area contributed by atoms with Crippen LogP contribution < -0.4 is 5.48 Å². The Morgan fingerprint density at radius 2 is 2.20 bits per heavy atom. The molecule has 0 spiro atoms. The highest BCUT2D eigenvalue weighted by Gasteiger charge is 2.22. The molecule has 1 aliphatic rings. The minimum absolute atomic E-state index is 0.137. The predicted molar refractivity (Wildman–Crippen MR) is 54.0 cm³/mol. The normalized spacial score (nSPS) is 18.5. The first-order valence-corrected chi connectivity index (χ1v) is 4.91. The van der Waals surface area contributed by atoms with Crippen LogP contribution in [-0.4, -0.2) is 25.2 Å². The van der Waals surface area contributed by atoms with E-state index in [2.05, 4.69) is 5.48 Å². The van der Waals surface area contributed by atoms with Gasteiger partial charge in [-0.3, -0.25) is 9.63 Å². The molecule has 4 heteroatoms. The topological polar surface area (TPSA) is 50.9 Å². The van der Waals surface area contributed by atoms with Gasteiger partial charge in [-0.25, -0.2) is 5.48 Å². The van der Waals surface area contributed by atoms with E-state index in [4.69, 9.17) is 9.57 Å². The third-order valence-corrected chi connectivity index (χ3v) is 2.07. The largest absolute Gasteiger partial charge is 0.371 e. The van der Waals surface area contributed by atoms with Gasteiger partial charge in [0.25, 0.3) is 0 Å². The number of ether oxygens (including phenoxy) is 1. The lowest BCUT2D eigenvalue weighted by Gasteiger charge is -2.04. The van der Waals surface area contributed by atoms with Gasteiger partial charge in [0.05, 0.1) is 13.0 Å². The zero-order valence-corrected chi connectivity index (χ0v) is 8.31. The SMILES string of the molecule is O=C(Cc1ccccc1)NOCC1CO1. The van der Waals surface area contributed by atoms with Crippen LogP contribution in [0, 0.1) is 0 Å². The molecule has 1 unspecified atom stereocenters. The van der Waals surface area contributed by atoms with Crippen LogP contribution in [0.5, 0.6) is 0 Å². The fourth-order valence-corrected chi connectivity index (χ4v) is 1.20. The average Bonchev–Trinajstić information content (AvgIpc) is 3.03. The van der Waals surface area contributed by atoms with Gasteiger partial charge in [-0.2, -0.15) is 0 Å². The summed E-state index contributed by atoms with van der Waals surface area (Å²) in [6, 6.07) is 9.54. The number of carbonyl (C=O) groups is 1. The minimum atomic E-state index is -0.137. The molecule has 1 atom stereocenters. The second-order valence-electron chi connectivity index (χ2n) is 3.45. The van der Waals surface area contributed by atoms with Crippen molar-refractivity contribution in [3.05, 3.63) is 35.9 Å². The van der Waals surface area contributed by atoms with E-state index in [-0.39, 0.29) is 12.0 Å². The van der Waals surface area contributed by atoms with Crippen LogP contribution in [0.25, 0.3) is 0 Å². The first-order chi connectivity index (χ1) is 7.34. The van der Waals surface area contributed by atoms with Gasteiger partial charge in [0, 0.05) is 0 Å². The first-order valence-electron chi connectivity index (χ1n) is 4.91. The molecule has 1 aliphatic heterocycles. The van der Waals surface area contributed by atoms with Crippen molar-refractivity contribution in [1.82, 2.24) is 5.48 Å². The van der Waals surface area contributed by atoms with Gasteiger partial charge in [0.15, 0.2) is 0 Å². The van der Waals surface area contributed by atoms with Crippen LogP contribution in [0.15, 0.2) is 30.3 Å². The highest BCUT2D eigenvalue weighted by molar-refractivity contribution is 5.77. The Morgan fingerprint density at radius 3 is 2.87 bits per heavy atom. The molecule has 15 heavy (non-hydrogen) atoms. The lowest BCUT2D eigenvalue weighted by Crippen LogP contribution is -2.27. The Balaban J connectivity index is 1.67. The van der Waals surface area contributed by atoms with Crippen molar-refractivity contribution in [3.8, 4) is 0 Å². The van der Waals surface area contributed by atoms with Crippen molar-refractivity contribution in [2.45, 2.75) is 12.5 Å². The molecule has 0 radical (unpaired) electrons. The van der Waals surface area contributed by atoms with E-state index in [1.807, 2.05) is 30.3 Å². The minimum Gasteiger partial charge on any atom is -0.371 e. The third-order valence-electron chi connectivity index (χ3n) is 2.07. The van der Waals surface area contributed by atoms with Gasteiger partial charge in [-0.1, -0.05) is 30.3 Å². The lowest BCUT2D eigenvalue weighted by atomic mass is 10.1. The van der Waals surface area contributed by atoms with Gasteiger partial charge in [-0.05, 0) is 5.56 Å². The van der Waals surface area contributed by atoms with E-state index in [1.165, 1.54) is 0 Å². The number of rotatable bonds is 5. The summed E-state index contributed by atoms with van der Waals surface area (Å²) < 4.78 is 4.93. The average molecular weight is 207 g/mol. The van der Waals surface area contributed by atoms with E-state index >= 15 is 0 Å². The van der Waals surface area contributed by atoms with Crippen molar-refractivity contribution >= 4 is 5.91 Å². The molecular formula is C11H13NO3. The Labute approximate surface area is 88.1 Å². The molecule has 1 fully saturated rings. The second-order valence-corrected chi connectivity index (χ2v) is 3.45. The summed E-state index contributed by atoms with van der Waals surface area (Å²) in [5.41, 5.74) is 3.36. The Kier molecular flexibility index (Phi) is 3.32. The molecule has 1 aromatic rings. The maximum absolute atomic E-state index is 11.3. The molecule has 0 saturated carbocycles. The van der Waals surface area contributed by atoms with E-state index in [0.717, 1.165) is 12.2 Å². The molecule has 80 valence electrons. The summed E-state index contributed by atoms with van der Waals surface area (Å²) in [6.45, 7) is 1.16. The summed E-state index contributed by atoms with van der Waals surface area (Å²) in [5, 5.41) is 0. The van der Waals surface area contributed by atoms with Crippen molar-refractivity contribution in [2.24, 2.45) is 0 Å². The van der Waals surface area contributed by atoms with Crippen LogP contribution in [-0.2, 0) is 20.8 Å². The fourth-order valence-electron chi connectivity index (χ4n) is 1.20. The van der Waals surface area contributed by atoms with Crippen molar-refractivity contribution < 1.29 is 14.4 Å². The quantitative estimate of drug-likeness (QED) is 0.570. The van der Waals surface area contributed by atoms with Crippen molar-refractivity contribution in [2.75, 3.05) is 13.2 Å². The zero-order chi connectivity index (χ0) is 10.5. The van der Waals surface area contributed by atoms with Crippen LogP contribution >= 0.6 is 0 Å². The van der Waals surface area contributed by atoms with E-state index in [0.29, 0.717) is 13.0 Å². The molecule has 1 N–H and O–H groups in total. The highest BCUT2D eigenvalue weighted by Crippen LogP contribution is 2.07. The summed E-state index contributed by atoms with van der Waals surface area (Å²) in [6.07, 6.45) is 0.508. The number of hydroxylamine groups is 1. The van der Waals surface area contributed by atoms with Gasteiger partial charge in [0.1, 0.15) is 12.7 Å². The van der Waals surface area contributed by atoms with E-state index in [1.54, 1.807) is 0 Å². The summed E-state index contributed by atoms with van der Waals surface area (Å²) in [4.78, 5) is 16.3. The zero-order valence-electron chi connectivity index (χ0n) is 8.31. The number of benzene rings is 1. The van der Waals surface area contributed by atoms with Crippen LogP contribution in [0.1, 0.15) is 5.56 Å². The molecule has 1 amide bonds. The Bertz CT molecular complexity index is 322. The maximum Gasteiger partial charge on any atom is 0.247 e. The molecule has 0 aliphatic carbocycles. The number of hydrogen-bond acceptors (Lipinski definition) is 3. The van der Waals surface area contributed by atoms with Crippen LogP contribution in [0.3, 0.4) is 0 Å². The Hall–Kier alpha value is -1.39. The highest BCUT2D eigenvalue weighted by atomic mass is 16.7. The van der Waals surface area contributed by atoms with Crippen molar-refractivity contribution in [1.29, 1.82) is 0 Å². The summed E-state index contributed by atoms with van der Waals surface area (Å²) in [7, 11) is 0. The predicted octanol–water partition coefficient (Wildman–Crippen LogP) is 0.676. The summed E-state index contributed by atoms with van der Waals surface area (Å²) in [5.74, 6) is -0.137. The fraction of sp³-hybridized carbons (Fsp3) is 0.364. The molecule has 0 bridgehead atoms. The molecule has 1 aromatic carbocycles.